The van der Waals surface area contributed by atoms with Crippen LogP contribution in [0.25, 0.3) is 11.1 Å². The summed E-state index contributed by atoms with van der Waals surface area (Å²) in [4.78, 5) is 36.9. The van der Waals surface area contributed by atoms with E-state index in [0.717, 1.165) is 22.3 Å². The van der Waals surface area contributed by atoms with Crippen LogP contribution in [0.3, 0.4) is 0 Å². The number of carboxylic acid groups (broad SMARTS) is 1. The van der Waals surface area contributed by atoms with Crippen LogP contribution in [0.4, 0.5) is 10.5 Å². The summed E-state index contributed by atoms with van der Waals surface area (Å²) in [6.45, 7) is 1.87. The summed E-state index contributed by atoms with van der Waals surface area (Å²) < 4.78 is 5.95. The smallest absolute Gasteiger partial charge is 0.407 e. The monoisotopic (exact) mass is 522 g/mol. The molecule has 3 aromatic rings. The average Bonchev–Trinajstić information content (AvgIpc) is 3.16. The number of hydrogen-bond acceptors (Lipinski definition) is 4. The Bertz CT molecular complexity index is 1210. The van der Waals surface area contributed by atoms with Crippen LogP contribution in [0.15, 0.2) is 71.2 Å². The molecule has 1 aliphatic carbocycles. The average molecular weight is 523 g/mol. The Morgan fingerprint density at radius 3 is 2.18 bits per heavy atom. The zero-order valence-electron chi connectivity index (χ0n) is 18.4. The maximum atomic E-state index is 12.8. The van der Waals surface area contributed by atoms with Gasteiger partial charge in [-0.15, -0.1) is 0 Å². The molecule has 1 atom stereocenters. The first-order valence-electron chi connectivity index (χ1n) is 10.8. The second kappa shape index (κ2) is 10.1. The molecule has 8 heteroatoms. The van der Waals surface area contributed by atoms with Gasteiger partial charge in [-0.2, -0.15) is 0 Å². The van der Waals surface area contributed by atoms with Crippen molar-refractivity contribution in [2.75, 3.05) is 11.9 Å². The summed E-state index contributed by atoms with van der Waals surface area (Å²) in [5, 5.41) is 14.6. The molecule has 2 amide bonds. The molecule has 0 unspecified atom stereocenters. The lowest BCUT2D eigenvalue weighted by atomic mass is 9.98. The van der Waals surface area contributed by atoms with Crippen LogP contribution in [-0.4, -0.2) is 35.7 Å². The molecule has 0 saturated heterocycles. The Morgan fingerprint density at radius 1 is 0.971 bits per heavy atom. The Labute approximate surface area is 205 Å². The van der Waals surface area contributed by atoms with E-state index in [1.807, 2.05) is 36.4 Å². The normalized spacial score (nSPS) is 12.9. The highest BCUT2D eigenvalue weighted by Crippen LogP contribution is 2.44. The van der Waals surface area contributed by atoms with E-state index in [2.05, 4.69) is 38.7 Å². The van der Waals surface area contributed by atoms with Crippen LogP contribution in [0.5, 0.6) is 0 Å². The third kappa shape index (κ3) is 4.68. The van der Waals surface area contributed by atoms with Crippen LogP contribution >= 0.6 is 15.9 Å². The molecule has 0 aliphatic heterocycles. The van der Waals surface area contributed by atoms with E-state index in [0.29, 0.717) is 10.9 Å². The summed E-state index contributed by atoms with van der Waals surface area (Å²) in [5.74, 6) is -1.80. The summed E-state index contributed by atoms with van der Waals surface area (Å²) in [6, 6.07) is 19.7. The predicted molar refractivity (Wildman–Crippen MR) is 132 cm³/mol. The number of nitrogens with one attached hydrogen (secondary N) is 2. The minimum Gasteiger partial charge on any atom is -0.478 e. The van der Waals surface area contributed by atoms with Crippen molar-refractivity contribution in [3.63, 3.8) is 0 Å². The van der Waals surface area contributed by atoms with Crippen LogP contribution in [0.2, 0.25) is 0 Å². The third-order valence-electron chi connectivity index (χ3n) is 5.85. The predicted octanol–water partition coefficient (Wildman–Crippen LogP) is 5.40. The van der Waals surface area contributed by atoms with Crippen LogP contribution in [0.1, 0.15) is 40.7 Å². The summed E-state index contributed by atoms with van der Waals surface area (Å²) in [6.07, 6.45) is -0.419. The number of hydrogen-bond donors (Lipinski definition) is 3. The van der Waals surface area contributed by atoms with E-state index >= 15 is 0 Å². The summed E-state index contributed by atoms with van der Waals surface area (Å²) in [5.41, 5.74) is 4.51. The standard InChI is InChI=1S/C26H23BrN2O5/c1-2-22(24(30)29-23-19(25(31)32)12-7-13-21(23)27)28-26(33)34-14-20-17-10-5-3-8-15(17)16-9-4-6-11-18(16)20/h3-13,20,22H,2,14H2,1H3,(H,28,33)(H,29,30)(H,31,32)/t22-/m0/s1. The summed E-state index contributed by atoms with van der Waals surface area (Å²) in [7, 11) is 0. The van der Waals surface area contributed by atoms with Gasteiger partial charge in [0, 0.05) is 10.4 Å². The first kappa shape index (κ1) is 23.5. The minimum atomic E-state index is -1.17. The lowest BCUT2D eigenvalue weighted by Gasteiger charge is -2.19. The van der Waals surface area contributed by atoms with Gasteiger partial charge >= 0.3 is 12.1 Å². The van der Waals surface area contributed by atoms with Crippen molar-refractivity contribution in [1.29, 1.82) is 0 Å². The van der Waals surface area contributed by atoms with Crippen molar-refractivity contribution >= 4 is 39.6 Å². The van der Waals surface area contributed by atoms with Gasteiger partial charge in [0.05, 0.1) is 11.3 Å². The summed E-state index contributed by atoms with van der Waals surface area (Å²) >= 11 is 3.26. The van der Waals surface area contributed by atoms with Gasteiger partial charge in [0.1, 0.15) is 12.6 Å². The van der Waals surface area contributed by atoms with Crippen molar-refractivity contribution < 1.29 is 24.2 Å². The van der Waals surface area contributed by atoms with Crippen molar-refractivity contribution in [2.45, 2.75) is 25.3 Å². The number of anilines is 1. The quantitative estimate of drug-likeness (QED) is 0.385. The van der Waals surface area contributed by atoms with E-state index in [1.54, 1.807) is 19.1 Å². The molecule has 1 aliphatic rings. The molecule has 0 radical (unpaired) electrons. The molecule has 0 aromatic heterocycles. The number of benzene rings is 3. The van der Waals surface area contributed by atoms with Gasteiger partial charge in [-0.3, -0.25) is 4.79 Å². The van der Waals surface area contributed by atoms with E-state index in [9.17, 15) is 19.5 Å². The number of halogens is 1. The molecule has 0 saturated carbocycles. The highest BCUT2D eigenvalue weighted by molar-refractivity contribution is 9.10. The first-order chi connectivity index (χ1) is 16.4. The van der Waals surface area contributed by atoms with Gasteiger partial charge < -0.3 is 20.5 Å². The van der Waals surface area contributed by atoms with Gasteiger partial charge in [-0.05, 0) is 56.7 Å². The zero-order chi connectivity index (χ0) is 24.2. The van der Waals surface area contributed by atoms with Crippen molar-refractivity contribution in [3.8, 4) is 11.1 Å². The fourth-order valence-electron chi connectivity index (χ4n) is 4.18. The Balaban J connectivity index is 1.42. The number of carbonyl (C=O) groups excluding carboxylic acids is 2. The van der Waals surface area contributed by atoms with Gasteiger partial charge in [-0.25, -0.2) is 9.59 Å². The number of carboxylic acids is 1. The highest BCUT2D eigenvalue weighted by atomic mass is 79.9. The van der Waals surface area contributed by atoms with Crippen molar-refractivity contribution in [1.82, 2.24) is 5.32 Å². The zero-order valence-corrected chi connectivity index (χ0v) is 20.0. The number of aromatic carboxylic acids is 1. The van der Waals surface area contributed by atoms with E-state index in [-0.39, 0.29) is 23.8 Å². The maximum absolute atomic E-state index is 12.8. The Hall–Kier alpha value is -3.65. The lowest BCUT2D eigenvalue weighted by Crippen LogP contribution is -2.44. The number of rotatable bonds is 7. The van der Waals surface area contributed by atoms with Gasteiger partial charge in [0.15, 0.2) is 0 Å². The second-order valence-corrected chi connectivity index (χ2v) is 8.74. The van der Waals surface area contributed by atoms with Crippen molar-refractivity contribution in [3.05, 3.63) is 87.9 Å². The molecular formula is C26H23BrN2O5. The molecule has 0 fully saturated rings. The van der Waals surface area contributed by atoms with Gasteiger partial charge in [0.25, 0.3) is 0 Å². The molecule has 0 spiro atoms. The number of para-hydroxylation sites is 1. The topological polar surface area (TPSA) is 105 Å². The van der Waals surface area contributed by atoms with Crippen LogP contribution < -0.4 is 10.6 Å². The minimum absolute atomic E-state index is 0.0567. The van der Waals surface area contributed by atoms with Crippen LogP contribution in [0, 0.1) is 0 Å². The Kier molecular flexibility index (Phi) is 6.98. The molecule has 3 N–H and O–H groups in total. The molecule has 174 valence electrons. The number of amides is 2. The molecule has 0 bridgehead atoms. The van der Waals surface area contributed by atoms with Crippen LogP contribution in [-0.2, 0) is 9.53 Å². The second-order valence-electron chi connectivity index (χ2n) is 7.89. The third-order valence-corrected chi connectivity index (χ3v) is 6.51. The van der Waals surface area contributed by atoms with E-state index in [4.69, 9.17) is 4.74 Å². The molecular weight excluding hydrogens is 500 g/mol. The van der Waals surface area contributed by atoms with E-state index < -0.39 is 24.0 Å². The largest absolute Gasteiger partial charge is 0.478 e. The molecule has 7 nitrogen and oxygen atoms in total. The van der Waals surface area contributed by atoms with Gasteiger partial charge in [0.2, 0.25) is 5.91 Å². The van der Waals surface area contributed by atoms with Gasteiger partial charge in [-0.1, -0.05) is 61.5 Å². The fraction of sp³-hybridized carbons (Fsp3) is 0.192. The molecule has 0 heterocycles. The molecule has 3 aromatic carbocycles. The number of carbonyl (C=O) groups is 3. The molecule has 34 heavy (non-hydrogen) atoms. The van der Waals surface area contributed by atoms with E-state index in [1.165, 1.54) is 6.07 Å². The lowest BCUT2D eigenvalue weighted by molar-refractivity contribution is -0.118. The maximum Gasteiger partial charge on any atom is 0.407 e. The number of ether oxygens (including phenoxy) is 1. The highest BCUT2D eigenvalue weighted by Gasteiger charge is 2.30. The first-order valence-corrected chi connectivity index (χ1v) is 11.6. The number of alkyl carbamates (subject to hydrolysis) is 1. The van der Waals surface area contributed by atoms with Crippen molar-refractivity contribution in [2.24, 2.45) is 0 Å². The number of fused-ring (bicyclic) bond motifs is 3. The fourth-order valence-corrected chi connectivity index (χ4v) is 4.64. The molecule has 4 rings (SSSR count). The Morgan fingerprint density at radius 2 is 1.59 bits per heavy atom. The SMILES string of the molecule is CC[C@H](NC(=O)OCC1c2ccccc2-c2ccccc21)C(=O)Nc1c(Br)cccc1C(=O)O.